The van der Waals surface area contributed by atoms with E-state index in [1.807, 2.05) is 25.1 Å². The highest BCUT2D eigenvalue weighted by Crippen LogP contribution is 2.24. The Morgan fingerprint density at radius 1 is 1.20 bits per heavy atom. The Kier molecular flexibility index (Phi) is 5.28. The number of hydrogen-bond acceptors (Lipinski definition) is 4. The lowest BCUT2D eigenvalue weighted by molar-refractivity contribution is -0.117. The summed E-state index contributed by atoms with van der Waals surface area (Å²) in [5, 5.41) is 2.81. The first-order chi connectivity index (χ1) is 12.0. The van der Waals surface area contributed by atoms with Crippen LogP contribution in [0.5, 0.6) is 0 Å². The highest BCUT2D eigenvalue weighted by atomic mass is 32.1. The van der Waals surface area contributed by atoms with Crippen LogP contribution in [0.2, 0.25) is 0 Å². The maximum atomic E-state index is 12.1. The molecule has 0 aliphatic carbocycles. The molecule has 5 nitrogen and oxygen atoms in total. The SMILES string of the molecule is Cc1ccc(C(=O)CCC(=O)Nc2cccc(N3CCCC3=O)c2)s1. The van der Waals surface area contributed by atoms with Gasteiger partial charge in [-0.05, 0) is 43.7 Å². The van der Waals surface area contributed by atoms with Crippen molar-refractivity contribution in [1.29, 1.82) is 0 Å². The number of nitrogens with zero attached hydrogens (tertiary/aromatic N) is 1. The van der Waals surface area contributed by atoms with Gasteiger partial charge in [0.25, 0.3) is 0 Å². The Bertz CT molecular complexity index is 813. The minimum absolute atomic E-state index is 0.00957. The van der Waals surface area contributed by atoms with Gasteiger partial charge in [-0.25, -0.2) is 0 Å². The van der Waals surface area contributed by atoms with Gasteiger partial charge in [-0.1, -0.05) is 6.07 Å². The average Bonchev–Trinajstić information content (AvgIpc) is 3.21. The van der Waals surface area contributed by atoms with Crippen LogP contribution in [0.3, 0.4) is 0 Å². The second-order valence-corrected chi connectivity index (χ2v) is 7.37. The molecule has 1 saturated heterocycles. The van der Waals surface area contributed by atoms with Gasteiger partial charge in [0.15, 0.2) is 5.78 Å². The largest absolute Gasteiger partial charge is 0.326 e. The number of benzene rings is 1. The number of ketones is 1. The van der Waals surface area contributed by atoms with Crippen molar-refractivity contribution < 1.29 is 14.4 Å². The van der Waals surface area contributed by atoms with Crippen LogP contribution in [0.1, 0.15) is 40.2 Å². The molecule has 2 aromatic rings. The third kappa shape index (κ3) is 4.33. The van der Waals surface area contributed by atoms with E-state index in [-0.39, 0.29) is 30.4 Å². The van der Waals surface area contributed by atoms with E-state index >= 15 is 0 Å². The smallest absolute Gasteiger partial charge is 0.227 e. The van der Waals surface area contributed by atoms with Crippen LogP contribution in [-0.2, 0) is 9.59 Å². The molecule has 2 amide bonds. The summed E-state index contributed by atoms with van der Waals surface area (Å²) in [7, 11) is 0. The first kappa shape index (κ1) is 17.4. The number of aryl methyl sites for hydroxylation is 1. The van der Waals surface area contributed by atoms with Crippen molar-refractivity contribution in [1.82, 2.24) is 0 Å². The van der Waals surface area contributed by atoms with Crippen molar-refractivity contribution in [3.05, 3.63) is 46.2 Å². The lowest BCUT2D eigenvalue weighted by atomic mass is 10.2. The summed E-state index contributed by atoms with van der Waals surface area (Å²) in [5.74, 6) is -0.100. The molecule has 1 aromatic carbocycles. The number of anilines is 2. The minimum Gasteiger partial charge on any atom is -0.326 e. The molecule has 3 rings (SSSR count). The normalized spacial score (nSPS) is 14.0. The quantitative estimate of drug-likeness (QED) is 0.801. The summed E-state index contributed by atoms with van der Waals surface area (Å²) >= 11 is 1.45. The molecule has 2 heterocycles. The van der Waals surface area contributed by atoms with Crippen LogP contribution >= 0.6 is 11.3 Å². The number of Topliss-reactive ketones (excluding diaryl/α,β-unsaturated/α-hetero) is 1. The summed E-state index contributed by atoms with van der Waals surface area (Å²) in [6.07, 6.45) is 1.76. The van der Waals surface area contributed by atoms with Crippen LogP contribution in [0.25, 0.3) is 0 Å². The predicted octanol–water partition coefficient (Wildman–Crippen LogP) is 3.78. The van der Waals surface area contributed by atoms with Gasteiger partial charge >= 0.3 is 0 Å². The molecule has 1 N–H and O–H groups in total. The fourth-order valence-electron chi connectivity index (χ4n) is 2.83. The summed E-state index contributed by atoms with van der Waals surface area (Å²) in [5.41, 5.74) is 1.44. The van der Waals surface area contributed by atoms with Gasteiger partial charge in [0.1, 0.15) is 0 Å². The van der Waals surface area contributed by atoms with Gasteiger partial charge in [-0.3, -0.25) is 14.4 Å². The first-order valence-electron chi connectivity index (χ1n) is 8.33. The molecule has 0 atom stereocenters. The maximum Gasteiger partial charge on any atom is 0.227 e. The van der Waals surface area contributed by atoms with Gasteiger partial charge in [0, 0.05) is 42.1 Å². The molecular weight excluding hydrogens is 336 g/mol. The molecule has 0 spiro atoms. The number of carbonyl (C=O) groups excluding carboxylic acids is 3. The zero-order valence-corrected chi connectivity index (χ0v) is 14.9. The molecule has 1 aliphatic rings. The van der Waals surface area contributed by atoms with Crippen molar-refractivity contribution in [3.8, 4) is 0 Å². The van der Waals surface area contributed by atoms with Crippen molar-refractivity contribution in [2.24, 2.45) is 0 Å². The monoisotopic (exact) mass is 356 g/mol. The lowest BCUT2D eigenvalue weighted by Crippen LogP contribution is -2.23. The minimum atomic E-state index is -0.202. The Morgan fingerprint density at radius 3 is 2.72 bits per heavy atom. The van der Waals surface area contributed by atoms with E-state index < -0.39 is 0 Å². The van der Waals surface area contributed by atoms with Gasteiger partial charge < -0.3 is 10.2 Å². The standard InChI is InChI=1S/C19H20N2O3S/c1-13-7-9-17(25-13)16(22)8-10-18(23)20-14-4-2-5-15(12-14)21-11-3-6-19(21)24/h2,4-5,7,9,12H,3,6,8,10-11H2,1H3,(H,20,23). The molecule has 1 fully saturated rings. The third-order valence-corrected chi connectivity index (χ3v) is 5.15. The molecule has 130 valence electrons. The number of rotatable bonds is 6. The molecule has 6 heteroatoms. The Hall–Kier alpha value is -2.47. The number of thiophene rings is 1. The zero-order chi connectivity index (χ0) is 17.8. The average molecular weight is 356 g/mol. The fraction of sp³-hybridized carbons (Fsp3) is 0.316. The van der Waals surface area contributed by atoms with Crippen LogP contribution in [0.15, 0.2) is 36.4 Å². The van der Waals surface area contributed by atoms with Crippen molar-refractivity contribution >= 4 is 40.3 Å². The third-order valence-electron chi connectivity index (χ3n) is 4.11. The maximum absolute atomic E-state index is 12.1. The molecular formula is C19H20N2O3S. The van der Waals surface area contributed by atoms with E-state index in [9.17, 15) is 14.4 Å². The Morgan fingerprint density at radius 2 is 2.04 bits per heavy atom. The van der Waals surface area contributed by atoms with Gasteiger partial charge in [0.2, 0.25) is 11.8 Å². The van der Waals surface area contributed by atoms with Crippen molar-refractivity contribution in [2.75, 3.05) is 16.8 Å². The first-order valence-corrected chi connectivity index (χ1v) is 9.14. The van der Waals surface area contributed by atoms with E-state index in [0.717, 1.165) is 17.0 Å². The Balaban J connectivity index is 1.56. The fourth-order valence-corrected chi connectivity index (χ4v) is 3.67. The van der Waals surface area contributed by atoms with Crippen LogP contribution in [-0.4, -0.2) is 24.1 Å². The van der Waals surface area contributed by atoms with Gasteiger partial charge in [-0.2, -0.15) is 0 Å². The number of amides is 2. The number of carbonyl (C=O) groups is 3. The molecule has 0 radical (unpaired) electrons. The molecule has 1 aromatic heterocycles. The second-order valence-electron chi connectivity index (χ2n) is 6.08. The zero-order valence-electron chi connectivity index (χ0n) is 14.1. The van der Waals surface area contributed by atoms with Crippen LogP contribution in [0.4, 0.5) is 11.4 Å². The van der Waals surface area contributed by atoms with E-state index in [4.69, 9.17) is 0 Å². The van der Waals surface area contributed by atoms with E-state index in [1.54, 1.807) is 23.1 Å². The number of nitrogens with one attached hydrogen (secondary N) is 1. The molecule has 25 heavy (non-hydrogen) atoms. The van der Waals surface area contributed by atoms with E-state index in [1.165, 1.54) is 11.3 Å². The van der Waals surface area contributed by atoms with Crippen molar-refractivity contribution in [2.45, 2.75) is 32.6 Å². The molecule has 0 saturated carbocycles. The second kappa shape index (κ2) is 7.61. The molecule has 1 aliphatic heterocycles. The molecule has 0 bridgehead atoms. The highest BCUT2D eigenvalue weighted by Gasteiger charge is 2.21. The predicted molar refractivity (Wildman–Crippen MR) is 99.3 cm³/mol. The lowest BCUT2D eigenvalue weighted by Gasteiger charge is -2.16. The summed E-state index contributed by atoms with van der Waals surface area (Å²) in [6, 6.07) is 11.0. The van der Waals surface area contributed by atoms with Gasteiger partial charge in [0.05, 0.1) is 4.88 Å². The van der Waals surface area contributed by atoms with E-state index in [2.05, 4.69) is 5.32 Å². The van der Waals surface area contributed by atoms with Crippen LogP contribution < -0.4 is 10.2 Å². The summed E-state index contributed by atoms with van der Waals surface area (Å²) in [6.45, 7) is 2.66. The summed E-state index contributed by atoms with van der Waals surface area (Å²) < 4.78 is 0. The van der Waals surface area contributed by atoms with Gasteiger partial charge in [-0.15, -0.1) is 11.3 Å². The van der Waals surface area contributed by atoms with Crippen molar-refractivity contribution in [3.63, 3.8) is 0 Å². The van der Waals surface area contributed by atoms with Crippen LogP contribution in [0, 0.1) is 6.92 Å². The number of hydrogen-bond donors (Lipinski definition) is 1. The molecule has 0 unspecified atom stereocenters. The topological polar surface area (TPSA) is 66.5 Å². The Labute approximate surface area is 150 Å². The summed E-state index contributed by atoms with van der Waals surface area (Å²) in [4.78, 5) is 39.5. The highest BCUT2D eigenvalue weighted by molar-refractivity contribution is 7.14. The van der Waals surface area contributed by atoms with E-state index in [0.29, 0.717) is 23.5 Å².